The number of carbonyl (C=O) groups excluding carboxylic acids is 2. The van der Waals surface area contributed by atoms with E-state index >= 15 is 0 Å². The Morgan fingerprint density at radius 3 is 2.61 bits per heavy atom. The van der Waals surface area contributed by atoms with Crippen LogP contribution in [0.3, 0.4) is 0 Å². The molecule has 0 spiro atoms. The molecule has 1 aliphatic heterocycles. The molecule has 0 saturated heterocycles. The van der Waals surface area contributed by atoms with Gasteiger partial charge in [-0.1, -0.05) is 70.8 Å². The van der Waals surface area contributed by atoms with Crippen molar-refractivity contribution < 1.29 is 9.59 Å². The molecule has 1 N–H and O–H groups in total. The van der Waals surface area contributed by atoms with Crippen LogP contribution in [0.5, 0.6) is 0 Å². The van der Waals surface area contributed by atoms with Crippen LogP contribution in [0.1, 0.15) is 28.2 Å². The molecular formula is C27H22Cl3N5O2S. The van der Waals surface area contributed by atoms with E-state index in [1.807, 2.05) is 35.2 Å². The van der Waals surface area contributed by atoms with Crippen LogP contribution in [0, 0.1) is 0 Å². The van der Waals surface area contributed by atoms with Gasteiger partial charge in [-0.3, -0.25) is 14.2 Å². The largest absolute Gasteiger partial charge is 0.345 e. The molecular weight excluding hydrogens is 565 g/mol. The lowest BCUT2D eigenvalue weighted by Gasteiger charge is -2.29. The summed E-state index contributed by atoms with van der Waals surface area (Å²) in [6.07, 6.45) is 1.89. The first-order chi connectivity index (χ1) is 18.4. The van der Waals surface area contributed by atoms with E-state index in [1.165, 1.54) is 23.4 Å². The van der Waals surface area contributed by atoms with Crippen molar-refractivity contribution in [3.05, 3.63) is 98.7 Å². The molecule has 7 nitrogen and oxygen atoms in total. The summed E-state index contributed by atoms with van der Waals surface area (Å²) in [6.45, 7) is 0.746. The van der Waals surface area contributed by atoms with Crippen molar-refractivity contribution in [2.24, 2.45) is 0 Å². The number of aromatic nitrogens is 3. The second-order valence-corrected chi connectivity index (χ2v) is 10.8. The Morgan fingerprint density at radius 2 is 1.76 bits per heavy atom. The van der Waals surface area contributed by atoms with Gasteiger partial charge in [-0.15, -0.1) is 10.2 Å². The Bertz CT molecular complexity index is 1510. The predicted molar refractivity (Wildman–Crippen MR) is 152 cm³/mol. The number of thioether (sulfide) groups is 1. The van der Waals surface area contributed by atoms with Crippen molar-refractivity contribution in [2.75, 3.05) is 17.2 Å². The highest BCUT2D eigenvalue weighted by atomic mass is 35.5. The molecule has 0 radical (unpaired) electrons. The number of hydrogen-bond donors (Lipinski definition) is 1. The molecule has 1 aliphatic rings. The Morgan fingerprint density at radius 1 is 0.947 bits per heavy atom. The number of rotatable bonds is 7. The van der Waals surface area contributed by atoms with Gasteiger partial charge in [0, 0.05) is 22.3 Å². The maximum absolute atomic E-state index is 13.2. The smallest absolute Gasteiger partial charge is 0.253 e. The van der Waals surface area contributed by atoms with Crippen LogP contribution in [0.4, 0.5) is 5.69 Å². The van der Waals surface area contributed by atoms with Crippen LogP contribution in [-0.2, 0) is 17.8 Å². The molecule has 2 heterocycles. The van der Waals surface area contributed by atoms with Crippen LogP contribution in [-0.4, -0.2) is 38.9 Å². The summed E-state index contributed by atoms with van der Waals surface area (Å²) in [5.41, 5.74) is 3.11. The van der Waals surface area contributed by atoms with Crippen molar-refractivity contribution in [1.82, 2.24) is 20.1 Å². The molecule has 38 heavy (non-hydrogen) atoms. The van der Waals surface area contributed by atoms with Gasteiger partial charge in [0.15, 0.2) is 11.0 Å². The van der Waals surface area contributed by atoms with Gasteiger partial charge in [-0.2, -0.15) is 0 Å². The number of benzene rings is 3. The SMILES string of the molecule is O=C(NCc1nnc(SCC(=O)N2CCCc3ccccc32)n1-c1cccc(Cl)c1)c1cc(Cl)ccc1Cl. The number of fused-ring (bicyclic) bond motifs is 1. The second kappa shape index (κ2) is 11.8. The zero-order valence-electron chi connectivity index (χ0n) is 20.0. The number of anilines is 1. The molecule has 2 amide bonds. The van der Waals surface area contributed by atoms with Crippen LogP contribution >= 0.6 is 46.6 Å². The Hall–Kier alpha value is -3.04. The predicted octanol–water partition coefficient (Wildman–Crippen LogP) is 6.23. The lowest BCUT2D eigenvalue weighted by Crippen LogP contribution is -2.36. The minimum Gasteiger partial charge on any atom is -0.345 e. The quantitative estimate of drug-likeness (QED) is 0.260. The standard InChI is InChI=1S/C27H22Cl3N5O2S/c28-18-7-3-8-20(13-18)35-24(15-31-26(37)21-14-19(29)10-11-22(21)30)32-33-27(35)38-16-25(36)34-12-4-6-17-5-1-2-9-23(17)34/h1-3,5,7-11,13-14H,4,6,12,15-16H2,(H,31,37). The average Bonchev–Trinajstić information content (AvgIpc) is 3.34. The molecule has 1 aromatic heterocycles. The summed E-state index contributed by atoms with van der Waals surface area (Å²) in [6, 6.07) is 19.9. The van der Waals surface area contributed by atoms with Gasteiger partial charge in [-0.05, 0) is 60.9 Å². The fourth-order valence-corrected chi connectivity index (χ4v) is 5.71. The van der Waals surface area contributed by atoms with E-state index in [4.69, 9.17) is 34.8 Å². The van der Waals surface area contributed by atoms with Gasteiger partial charge in [-0.25, -0.2) is 0 Å². The van der Waals surface area contributed by atoms with E-state index in [1.54, 1.807) is 28.8 Å². The minimum absolute atomic E-state index is 0.00625. The first-order valence-electron chi connectivity index (χ1n) is 11.9. The molecule has 5 rings (SSSR count). The fourth-order valence-electron chi connectivity index (χ4n) is 4.31. The summed E-state index contributed by atoms with van der Waals surface area (Å²) in [7, 11) is 0. The monoisotopic (exact) mass is 585 g/mol. The Labute approximate surface area is 239 Å². The van der Waals surface area contributed by atoms with Crippen LogP contribution in [0.25, 0.3) is 5.69 Å². The van der Waals surface area contributed by atoms with Gasteiger partial charge in [0.1, 0.15) is 0 Å². The molecule has 11 heteroatoms. The highest BCUT2D eigenvalue weighted by Gasteiger charge is 2.24. The third-order valence-corrected chi connectivity index (χ3v) is 7.80. The van der Waals surface area contributed by atoms with Crippen LogP contribution in [0.2, 0.25) is 15.1 Å². The summed E-state index contributed by atoms with van der Waals surface area (Å²) in [5.74, 6) is 0.244. The molecule has 0 atom stereocenters. The number of amides is 2. The maximum Gasteiger partial charge on any atom is 0.253 e. The molecule has 3 aromatic carbocycles. The number of nitrogens with zero attached hydrogens (tertiary/aromatic N) is 4. The van der Waals surface area contributed by atoms with Crippen LogP contribution in [0.15, 0.2) is 71.9 Å². The second-order valence-electron chi connectivity index (χ2n) is 8.59. The molecule has 0 saturated carbocycles. The molecule has 194 valence electrons. The summed E-state index contributed by atoms with van der Waals surface area (Å²) in [4.78, 5) is 27.9. The lowest BCUT2D eigenvalue weighted by atomic mass is 10.0. The van der Waals surface area contributed by atoms with Gasteiger partial charge in [0.05, 0.1) is 28.6 Å². The number of para-hydroxylation sites is 1. The van der Waals surface area contributed by atoms with E-state index in [2.05, 4.69) is 21.6 Å². The van der Waals surface area contributed by atoms with Crippen molar-refractivity contribution in [2.45, 2.75) is 24.5 Å². The molecule has 0 fully saturated rings. The molecule has 0 aliphatic carbocycles. The summed E-state index contributed by atoms with van der Waals surface area (Å²) >= 11 is 19.8. The summed E-state index contributed by atoms with van der Waals surface area (Å²) < 4.78 is 1.79. The first kappa shape index (κ1) is 26.6. The number of hydrogen-bond acceptors (Lipinski definition) is 5. The van der Waals surface area contributed by atoms with Crippen molar-refractivity contribution in [3.63, 3.8) is 0 Å². The summed E-state index contributed by atoms with van der Waals surface area (Å²) in [5, 5.41) is 13.2. The molecule has 0 unspecified atom stereocenters. The van der Waals surface area contributed by atoms with Gasteiger partial charge in [0.2, 0.25) is 5.91 Å². The fraction of sp³-hybridized carbons (Fsp3) is 0.185. The topological polar surface area (TPSA) is 80.1 Å². The van der Waals surface area contributed by atoms with Gasteiger partial charge >= 0.3 is 0 Å². The van der Waals surface area contributed by atoms with Crippen molar-refractivity contribution in [1.29, 1.82) is 0 Å². The maximum atomic E-state index is 13.2. The Kier molecular flexibility index (Phi) is 8.24. The normalized spacial score (nSPS) is 12.8. The third-order valence-electron chi connectivity index (χ3n) is 6.08. The van der Waals surface area contributed by atoms with Crippen molar-refractivity contribution in [3.8, 4) is 5.69 Å². The lowest BCUT2D eigenvalue weighted by molar-refractivity contribution is -0.116. The minimum atomic E-state index is -0.397. The molecule has 4 aromatic rings. The zero-order chi connectivity index (χ0) is 26.6. The number of carbonyl (C=O) groups is 2. The Balaban J connectivity index is 1.36. The zero-order valence-corrected chi connectivity index (χ0v) is 23.1. The van der Waals surface area contributed by atoms with E-state index < -0.39 is 5.91 Å². The van der Waals surface area contributed by atoms with Crippen LogP contribution < -0.4 is 10.2 Å². The number of nitrogens with one attached hydrogen (secondary N) is 1. The van der Waals surface area contributed by atoms with Gasteiger partial charge < -0.3 is 10.2 Å². The van der Waals surface area contributed by atoms with Crippen molar-refractivity contribution >= 4 is 64.1 Å². The van der Waals surface area contributed by atoms with E-state index in [0.29, 0.717) is 33.3 Å². The highest BCUT2D eigenvalue weighted by Crippen LogP contribution is 2.29. The van der Waals surface area contributed by atoms with E-state index in [0.717, 1.165) is 18.5 Å². The van der Waals surface area contributed by atoms with E-state index in [9.17, 15) is 9.59 Å². The average molecular weight is 587 g/mol. The number of halogens is 3. The first-order valence-corrected chi connectivity index (χ1v) is 14.0. The highest BCUT2D eigenvalue weighted by molar-refractivity contribution is 7.99. The third kappa shape index (κ3) is 5.83. The van der Waals surface area contributed by atoms with Gasteiger partial charge in [0.25, 0.3) is 5.91 Å². The number of aryl methyl sites for hydroxylation is 1. The van der Waals surface area contributed by atoms with E-state index in [-0.39, 0.29) is 28.8 Å². The molecule has 0 bridgehead atoms.